The summed E-state index contributed by atoms with van der Waals surface area (Å²) in [6, 6.07) is 16.8. The van der Waals surface area contributed by atoms with Gasteiger partial charge in [-0.3, -0.25) is 4.90 Å². The van der Waals surface area contributed by atoms with Crippen LogP contribution in [0.4, 0.5) is 8.78 Å². The maximum Gasteiger partial charge on any atom is 0.136 e. The van der Waals surface area contributed by atoms with Gasteiger partial charge in [0, 0.05) is 12.6 Å². The summed E-state index contributed by atoms with van der Waals surface area (Å²) in [7, 11) is 0. The molecule has 2 aliphatic rings. The first-order chi connectivity index (χ1) is 16.0. The van der Waals surface area contributed by atoms with Gasteiger partial charge in [-0.25, -0.2) is 8.78 Å². The predicted octanol–water partition coefficient (Wildman–Crippen LogP) is 8.40. The quantitative estimate of drug-likeness (QED) is 0.349. The van der Waals surface area contributed by atoms with Crippen LogP contribution in [0.2, 0.25) is 0 Å². The zero-order valence-corrected chi connectivity index (χ0v) is 20.6. The maximum atomic E-state index is 16.1. The third kappa shape index (κ3) is 5.50. The second kappa shape index (κ2) is 10.7. The van der Waals surface area contributed by atoms with E-state index in [0.717, 1.165) is 74.7 Å². The van der Waals surface area contributed by atoms with E-state index in [1.807, 2.05) is 18.2 Å². The summed E-state index contributed by atoms with van der Waals surface area (Å²) in [5, 5.41) is 0. The highest BCUT2D eigenvalue weighted by Gasteiger charge is 2.42. The van der Waals surface area contributed by atoms with Crippen LogP contribution < -0.4 is 0 Å². The van der Waals surface area contributed by atoms with Crippen molar-refractivity contribution in [2.75, 3.05) is 6.54 Å². The highest BCUT2D eigenvalue weighted by molar-refractivity contribution is 5.43. The summed E-state index contributed by atoms with van der Waals surface area (Å²) in [5.74, 6) is 0. The van der Waals surface area contributed by atoms with E-state index in [-0.39, 0.29) is 0 Å². The molecule has 0 amide bonds. The monoisotopic (exact) mass is 453 g/mol. The molecule has 2 saturated carbocycles. The second-order valence-electron chi connectivity index (χ2n) is 10.5. The van der Waals surface area contributed by atoms with Crippen molar-refractivity contribution in [3.05, 3.63) is 70.8 Å². The Morgan fingerprint density at radius 2 is 1.36 bits per heavy atom. The highest BCUT2D eigenvalue weighted by atomic mass is 19.1. The Balaban J connectivity index is 1.59. The molecule has 1 unspecified atom stereocenters. The van der Waals surface area contributed by atoms with E-state index in [2.05, 4.69) is 49.1 Å². The van der Waals surface area contributed by atoms with E-state index in [1.165, 1.54) is 5.56 Å². The molecule has 3 heteroatoms. The fraction of sp³-hybridized carbons (Fsp3) is 0.600. The minimum absolute atomic E-state index is 0.351. The molecule has 0 aliphatic heterocycles. The average Bonchev–Trinajstić information content (AvgIpc) is 3.47. The third-order valence-electron chi connectivity index (χ3n) is 8.11. The zero-order chi connectivity index (χ0) is 23.3. The van der Waals surface area contributed by atoms with Gasteiger partial charge in [-0.2, -0.15) is 0 Å². The molecular formula is C30H41F2N. The van der Waals surface area contributed by atoms with Crippen molar-refractivity contribution in [2.45, 2.75) is 108 Å². The molecule has 33 heavy (non-hydrogen) atoms. The van der Waals surface area contributed by atoms with Crippen LogP contribution in [0.3, 0.4) is 0 Å². The molecule has 0 bridgehead atoms. The van der Waals surface area contributed by atoms with Gasteiger partial charge in [0.25, 0.3) is 0 Å². The van der Waals surface area contributed by atoms with Crippen molar-refractivity contribution in [3.63, 3.8) is 0 Å². The van der Waals surface area contributed by atoms with Gasteiger partial charge in [-0.1, -0.05) is 55.5 Å². The minimum Gasteiger partial charge on any atom is -0.296 e. The largest absolute Gasteiger partial charge is 0.296 e. The van der Waals surface area contributed by atoms with Gasteiger partial charge in [0.2, 0.25) is 0 Å². The fourth-order valence-corrected chi connectivity index (χ4v) is 6.20. The Morgan fingerprint density at radius 3 is 1.88 bits per heavy atom. The first-order valence-corrected chi connectivity index (χ1v) is 13.2. The van der Waals surface area contributed by atoms with Gasteiger partial charge in [0.05, 0.1) is 0 Å². The first kappa shape index (κ1) is 24.4. The topological polar surface area (TPSA) is 3.24 Å². The van der Waals surface area contributed by atoms with Crippen molar-refractivity contribution >= 4 is 0 Å². The SMILES string of the molecule is CCCN(Cc1ccccc1)C(C)CCc1c(C2(F)CCCC2)cccc1C1(F)CCCC1. The summed E-state index contributed by atoms with van der Waals surface area (Å²) in [6.07, 6.45) is 8.79. The smallest absolute Gasteiger partial charge is 0.136 e. The molecule has 2 aliphatic carbocycles. The number of rotatable bonds is 10. The van der Waals surface area contributed by atoms with Crippen molar-refractivity contribution in [1.29, 1.82) is 0 Å². The standard InChI is InChI=1S/C30H41F2N/c1-3-22-33(23-25-12-5-4-6-13-25)24(2)16-17-26-27(29(31)18-7-8-19-29)14-11-15-28(26)30(32)20-9-10-21-30/h4-6,11-15,24H,3,7-10,16-23H2,1-2H3. The van der Waals surface area contributed by atoms with E-state index in [9.17, 15) is 0 Å². The minimum atomic E-state index is -1.28. The zero-order valence-electron chi connectivity index (χ0n) is 20.6. The molecule has 0 radical (unpaired) electrons. The van der Waals surface area contributed by atoms with Gasteiger partial charge >= 0.3 is 0 Å². The second-order valence-corrected chi connectivity index (χ2v) is 10.5. The van der Waals surface area contributed by atoms with E-state index in [1.54, 1.807) is 0 Å². The maximum absolute atomic E-state index is 16.1. The highest BCUT2D eigenvalue weighted by Crippen LogP contribution is 2.49. The molecule has 2 aromatic carbocycles. The lowest BCUT2D eigenvalue weighted by Gasteiger charge is -2.32. The van der Waals surface area contributed by atoms with Crippen LogP contribution in [0.5, 0.6) is 0 Å². The predicted molar refractivity (Wildman–Crippen MR) is 134 cm³/mol. The van der Waals surface area contributed by atoms with Gasteiger partial charge in [0.15, 0.2) is 0 Å². The van der Waals surface area contributed by atoms with E-state index >= 15 is 8.78 Å². The first-order valence-electron chi connectivity index (χ1n) is 13.2. The third-order valence-corrected chi connectivity index (χ3v) is 8.11. The Morgan fingerprint density at radius 1 is 0.818 bits per heavy atom. The Kier molecular flexibility index (Phi) is 7.89. The number of hydrogen-bond acceptors (Lipinski definition) is 1. The summed E-state index contributed by atoms with van der Waals surface area (Å²) < 4.78 is 32.1. The van der Waals surface area contributed by atoms with Crippen LogP contribution in [-0.4, -0.2) is 17.5 Å². The van der Waals surface area contributed by atoms with Crippen LogP contribution in [-0.2, 0) is 24.3 Å². The molecule has 0 aromatic heterocycles. The van der Waals surface area contributed by atoms with Gasteiger partial charge in [0.1, 0.15) is 11.3 Å². The number of alkyl halides is 2. The molecule has 2 fully saturated rings. The molecule has 1 nitrogen and oxygen atoms in total. The number of nitrogens with zero attached hydrogens (tertiary/aromatic N) is 1. The number of halogens is 2. The van der Waals surface area contributed by atoms with E-state index < -0.39 is 11.3 Å². The molecule has 0 heterocycles. The molecule has 180 valence electrons. The van der Waals surface area contributed by atoms with Crippen molar-refractivity contribution < 1.29 is 8.78 Å². The molecular weight excluding hydrogens is 412 g/mol. The summed E-state index contributed by atoms with van der Waals surface area (Å²) in [6.45, 7) is 6.45. The summed E-state index contributed by atoms with van der Waals surface area (Å²) in [4.78, 5) is 2.53. The fourth-order valence-electron chi connectivity index (χ4n) is 6.20. The van der Waals surface area contributed by atoms with Crippen LogP contribution in [0.15, 0.2) is 48.5 Å². The summed E-state index contributed by atoms with van der Waals surface area (Å²) in [5.41, 5.74) is 1.32. The number of hydrogen-bond donors (Lipinski definition) is 0. The Hall–Kier alpha value is -1.74. The van der Waals surface area contributed by atoms with E-state index in [0.29, 0.717) is 31.7 Å². The van der Waals surface area contributed by atoms with Crippen molar-refractivity contribution in [2.24, 2.45) is 0 Å². The van der Waals surface area contributed by atoms with E-state index in [4.69, 9.17) is 0 Å². The lowest BCUT2D eigenvalue weighted by molar-refractivity contribution is 0.160. The van der Waals surface area contributed by atoms with Crippen LogP contribution in [0.25, 0.3) is 0 Å². The van der Waals surface area contributed by atoms with Crippen molar-refractivity contribution in [1.82, 2.24) is 4.90 Å². The summed E-state index contributed by atoms with van der Waals surface area (Å²) >= 11 is 0. The van der Waals surface area contributed by atoms with Gasteiger partial charge in [-0.05, 0) is 106 Å². The van der Waals surface area contributed by atoms with Crippen molar-refractivity contribution in [3.8, 4) is 0 Å². The molecule has 4 rings (SSSR count). The Bertz CT molecular complexity index is 841. The van der Waals surface area contributed by atoms with Crippen LogP contribution in [0.1, 0.15) is 100 Å². The normalized spacial score (nSPS) is 20.4. The van der Waals surface area contributed by atoms with Gasteiger partial charge < -0.3 is 0 Å². The molecule has 0 saturated heterocycles. The molecule has 1 atom stereocenters. The average molecular weight is 454 g/mol. The Labute approximate surface area is 199 Å². The molecule has 0 N–H and O–H groups in total. The molecule has 0 spiro atoms. The molecule has 2 aromatic rings. The van der Waals surface area contributed by atoms with Crippen LogP contribution >= 0.6 is 0 Å². The lowest BCUT2D eigenvalue weighted by atomic mass is 9.80. The lowest BCUT2D eigenvalue weighted by Crippen LogP contribution is -2.34. The number of benzene rings is 2. The van der Waals surface area contributed by atoms with Crippen LogP contribution in [0, 0.1) is 0 Å². The van der Waals surface area contributed by atoms with Gasteiger partial charge in [-0.15, -0.1) is 0 Å².